The van der Waals surface area contributed by atoms with E-state index < -0.39 is 6.10 Å². The van der Waals surface area contributed by atoms with Crippen LogP contribution in [-0.4, -0.2) is 27.5 Å². The second kappa shape index (κ2) is 3.94. The zero-order valence-electron chi connectivity index (χ0n) is 8.36. The lowest BCUT2D eigenvalue weighted by Crippen LogP contribution is -2.26. The molecule has 0 aromatic carbocycles. The van der Waals surface area contributed by atoms with Crippen molar-refractivity contribution in [3.63, 3.8) is 0 Å². The zero-order valence-corrected chi connectivity index (χ0v) is 8.36. The van der Waals surface area contributed by atoms with E-state index in [1.54, 1.807) is 6.92 Å². The van der Waals surface area contributed by atoms with Gasteiger partial charge in [-0.2, -0.15) is 0 Å². The van der Waals surface area contributed by atoms with Gasteiger partial charge < -0.3 is 14.8 Å². The predicted molar refractivity (Wildman–Crippen MR) is 51.7 cm³/mol. The van der Waals surface area contributed by atoms with Gasteiger partial charge in [-0.05, 0) is 32.9 Å². The number of aliphatic hydroxyl groups is 2. The summed E-state index contributed by atoms with van der Waals surface area (Å²) in [4.78, 5) is 0. The van der Waals surface area contributed by atoms with Gasteiger partial charge in [0, 0.05) is 11.4 Å². The molecule has 1 aromatic rings. The normalized spacial score (nSPS) is 15.8. The molecule has 0 spiro atoms. The Morgan fingerprint density at radius 3 is 2.08 bits per heavy atom. The monoisotopic (exact) mass is 183 g/mol. The van der Waals surface area contributed by atoms with Crippen LogP contribution in [0.5, 0.6) is 0 Å². The molecule has 2 N–H and O–H groups in total. The summed E-state index contributed by atoms with van der Waals surface area (Å²) in [7, 11) is 0. The molecule has 0 aliphatic heterocycles. The second-order valence-corrected chi connectivity index (χ2v) is 3.48. The molecule has 3 nitrogen and oxygen atoms in total. The van der Waals surface area contributed by atoms with Gasteiger partial charge in [0.15, 0.2) is 0 Å². The minimum atomic E-state index is -0.533. The Kier molecular flexibility index (Phi) is 3.12. The highest BCUT2D eigenvalue weighted by Crippen LogP contribution is 2.18. The summed E-state index contributed by atoms with van der Waals surface area (Å²) in [5.41, 5.74) is 2.13. The Balaban J connectivity index is 3.03. The lowest BCUT2D eigenvalue weighted by atomic mass is 10.2. The van der Waals surface area contributed by atoms with Crippen LogP contribution in [0.2, 0.25) is 0 Å². The topological polar surface area (TPSA) is 45.4 Å². The fourth-order valence-corrected chi connectivity index (χ4v) is 1.65. The average Bonchev–Trinajstić information content (AvgIpc) is 2.36. The van der Waals surface area contributed by atoms with E-state index in [0.29, 0.717) is 0 Å². The van der Waals surface area contributed by atoms with Gasteiger partial charge in [0.05, 0.1) is 18.8 Å². The van der Waals surface area contributed by atoms with Crippen molar-refractivity contribution >= 4 is 0 Å². The fraction of sp³-hybridized carbons (Fsp3) is 0.600. The summed E-state index contributed by atoms with van der Waals surface area (Å²) in [6.07, 6.45) is -0.533. The van der Waals surface area contributed by atoms with Crippen LogP contribution < -0.4 is 0 Å². The zero-order chi connectivity index (χ0) is 10.0. The Morgan fingerprint density at radius 1 is 1.31 bits per heavy atom. The molecule has 3 heteroatoms. The van der Waals surface area contributed by atoms with E-state index in [-0.39, 0.29) is 12.6 Å². The van der Waals surface area contributed by atoms with Gasteiger partial charge >= 0.3 is 0 Å². The molecule has 0 amide bonds. The summed E-state index contributed by atoms with van der Waals surface area (Å²) in [6, 6.07) is 3.75. The van der Waals surface area contributed by atoms with Crippen molar-refractivity contribution in [3.05, 3.63) is 23.5 Å². The molecule has 0 aliphatic carbocycles. The minimum Gasteiger partial charge on any atom is -0.394 e. The lowest BCUT2D eigenvalue weighted by Gasteiger charge is -2.23. The first-order valence-electron chi connectivity index (χ1n) is 4.51. The third-order valence-electron chi connectivity index (χ3n) is 2.40. The Labute approximate surface area is 78.6 Å². The van der Waals surface area contributed by atoms with Crippen LogP contribution in [0.1, 0.15) is 24.4 Å². The summed E-state index contributed by atoms with van der Waals surface area (Å²) in [5, 5.41) is 18.6. The van der Waals surface area contributed by atoms with Crippen molar-refractivity contribution in [3.8, 4) is 0 Å². The van der Waals surface area contributed by atoms with Gasteiger partial charge in [0.25, 0.3) is 0 Å². The molecule has 1 rings (SSSR count). The highest BCUT2D eigenvalue weighted by molar-refractivity contribution is 5.15. The molecule has 0 bridgehead atoms. The van der Waals surface area contributed by atoms with E-state index in [2.05, 4.69) is 0 Å². The number of aromatic nitrogens is 1. The van der Waals surface area contributed by atoms with E-state index in [1.165, 1.54) is 0 Å². The number of hydrogen-bond acceptors (Lipinski definition) is 2. The van der Waals surface area contributed by atoms with Crippen molar-refractivity contribution in [2.24, 2.45) is 0 Å². The van der Waals surface area contributed by atoms with E-state index in [4.69, 9.17) is 5.11 Å². The molecule has 2 atom stereocenters. The summed E-state index contributed by atoms with van der Waals surface area (Å²) >= 11 is 0. The number of aliphatic hydroxyl groups excluding tert-OH is 2. The van der Waals surface area contributed by atoms with Gasteiger partial charge in [-0.15, -0.1) is 0 Å². The van der Waals surface area contributed by atoms with Crippen LogP contribution in [0.4, 0.5) is 0 Å². The van der Waals surface area contributed by atoms with Gasteiger partial charge in [-0.25, -0.2) is 0 Å². The third kappa shape index (κ3) is 1.92. The SMILES string of the molecule is Cc1ccc(C)n1[C@@H](CO)[C@H](C)O. The highest BCUT2D eigenvalue weighted by atomic mass is 16.3. The maximum Gasteiger partial charge on any atom is 0.0822 e. The Hall–Kier alpha value is -0.800. The predicted octanol–water partition coefficient (Wildman–Crippen LogP) is 1.02. The lowest BCUT2D eigenvalue weighted by molar-refractivity contribution is 0.0848. The van der Waals surface area contributed by atoms with Crippen LogP contribution in [0.25, 0.3) is 0 Å². The number of rotatable bonds is 3. The molecule has 13 heavy (non-hydrogen) atoms. The molecule has 74 valence electrons. The van der Waals surface area contributed by atoms with Crippen LogP contribution in [0.3, 0.4) is 0 Å². The Bertz CT molecular complexity index is 259. The first-order valence-corrected chi connectivity index (χ1v) is 4.51. The van der Waals surface area contributed by atoms with E-state index in [0.717, 1.165) is 11.4 Å². The molecule has 0 radical (unpaired) electrons. The summed E-state index contributed by atoms with van der Waals surface area (Å²) < 4.78 is 1.96. The first kappa shape index (κ1) is 10.3. The summed E-state index contributed by atoms with van der Waals surface area (Å²) in [5.74, 6) is 0. The van der Waals surface area contributed by atoms with Crippen LogP contribution >= 0.6 is 0 Å². The average molecular weight is 183 g/mol. The molecule has 0 saturated carbocycles. The van der Waals surface area contributed by atoms with Crippen molar-refractivity contribution in [1.82, 2.24) is 4.57 Å². The molecule has 0 fully saturated rings. The van der Waals surface area contributed by atoms with Gasteiger partial charge in [0.1, 0.15) is 0 Å². The van der Waals surface area contributed by atoms with Crippen LogP contribution in [-0.2, 0) is 0 Å². The molecule has 0 aliphatic rings. The number of nitrogens with zero attached hydrogens (tertiary/aromatic N) is 1. The van der Waals surface area contributed by atoms with E-state index in [9.17, 15) is 5.11 Å². The van der Waals surface area contributed by atoms with Gasteiger partial charge in [0.2, 0.25) is 0 Å². The quantitative estimate of drug-likeness (QED) is 0.735. The molecule has 1 heterocycles. The molecule has 1 aromatic heterocycles. The largest absolute Gasteiger partial charge is 0.394 e. The van der Waals surface area contributed by atoms with Crippen molar-refractivity contribution in [2.45, 2.75) is 32.9 Å². The van der Waals surface area contributed by atoms with Crippen molar-refractivity contribution in [2.75, 3.05) is 6.61 Å². The van der Waals surface area contributed by atoms with Gasteiger partial charge in [-0.3, -0.25) is 0 Å². The number of hydrogen-bond donors (Lipinski definition) is 2. The standard InChI is InChI=1S/C10H17NO2/c1-7-4-5-8(2)11(7)10(6-12)9(3)13/h4-5,9-10,12-13H,6H2,1-3H3/t9-,10-/m0/s1. The van der Waals surface area contributed by atoms with Crippen LogP contribution in [0.15, 0.2) is 12.1 Å². The molecular formula is C10H17NO2. The van der Waals surface area contributed by atoms with Crippen LogP contribution in [0, 0.1) is 13.8 Å². The molecule has 0 saturated heterocycles. The first-order chi connectivity index (χ1) is 6.07. The molecular weight excluding hydrogens is 166 g/mol. The van der Waals surface area contributed by atoms with E-state index in [1.807, 2.05) is 30.5 Å². The summed E-state index contributed by atoms with van der Waals surface area (Å²) in [6.45, 7) is 5.60. The maximum absolute atomic E-state index is 9.45. The molecule has 0 unspecified atom stereocenters. The van der Waals surface area contributed by atoms with Gasteiger partial charge in [-0.1, -0.05) is 0 Å². The van der Waals surface area contributed by atoms with Crippen molar-refractivity contribution in [1.29, 1.82) is 0 Å². The number of aryl methyl sites for hydroxylation is 2. The minimum absolute atomic E-state index is 0.0337. The Morgan fingerprint density at radius 2 is 1.77 bits per heavy atom. The second-order valence-electron chi connectivity index (χ2n) is 3.48. The van der Waals surface area contributed by atoms with Crippen molar-refractivity contribution < 1.29 is 10.2 Å². The van der Waals surface area contributed by atoms with E-state index >= 15 is 0 Å². The third-order valence-corrected chi connectivity index (χ3v) is 2.40. The highest BCUT2D eigenvalue weighted by Gasteiger charge is 2.18. The smallest absolute Gasteiger partial charge is 0.0822 e. The maximum atomic E-state index is 9.45. The fourth-order valence-electron chi connectivity index (χ4n) is 1.65.